The predicted molar refractivity (Wildman–Crippen MR) is 71.8 cm³/mol. The van der Waals surface area contributed by atoms with Crippen molar-refractivity contribution in [2.45, 2.75) is 13.1 Å². The van der Waals surface area contributed by atoms with Gasteiger partial charge in [-0.05, 0) is 20.9 Å². The van der Waals surface area contributed by atoms with Crippen LogP contribution >= 0.6 is 15.9 Å². The van der Waals surface area contributed by atoms with Crippen LogP contribution in [0.3, 0.4) is 0 Å². The minimum atomic E-state index is -0.607. The van der Waals surface area contributed by atoms with Gasteiger partial charge in [0.1, 0.15) is 6.54 Å². The summed E-state index contributed by atoms with van der Waals surface area (Å²) in [6.45, 7) is 0.892. The van der Waals surface area contributed by atoms with E-state index in [1.54, 1.807) is 17.1 Å². The molecule has 0 atom stereocenters. The molecule has 2 aromatic heterocycles. The summed E-state index contributed by atoms with van der Waals surface area (Å²) < 4.78 is 3.77. The van der Waals surface area contributed by atoms with E-state index in [4.69, 9.17) is 0 Å². The van der Waals surface area contributed by atoms with Crippen molar-refractivity contribution in [3.8, 4) is 0 Å². The number of hydrogen-bond donors (Lipinski definition) is 1. The standard InChI is InChI=1S/C10H11BrN6O3/c11-8-5-13-15(6-8)4-2-12-10(18)7-16-3-1-9(14-16)17(19)20/h1,3,5-6H,2,4,7H2,(H,12,18). The first-order chi connectivity index (χ1) is 9.54. The first kappa shape index (κ1) is 14.2. The van der Waals surface area contributed by atoms with Crippen LogP contribution in [0.5, 0.6) is 0 Å². The molecule has 106 valence electrons. The van der Waals surface area contributed by atoms with Crippen LogP contribution < -0.4 is 5.32 Å². The van der Waals surface area contributed by atoms with Crippen LogP contribution in [-0.4, -0.2) is 36.9 Å². The number of halogens is 1. The number of nitrogens with one attached hydrogen (secondary N) is 1. The molecule has 0 aliphatic heterocycles. The van der Waals surface area contributed by atoms with Crippen LogP contribution in [0.4, 0.5) is 5.82 Å². The zero-order valence-electron chi connectivity index (χ0n) is 10.3. The Morgan fingerprint density at radius 3 is 2.90 bits per heavy atom. The van der Waals surface area contributed by atoms with Crippen LogP contribution in [0.1, 0.15) is 0 Å². The molecule has 10 heteroatoms. The van der Waals surface area contributed by atoms with Crippen molar-refractivity contribution >= 4 is 27.7 Å². The molecule has 0 bridgehead atoms. The highest BCUT2D eigenvalue weighted by atomic mass is 79.9. The van der Waals surface area contributed by atoms with E-state index in [0.29, 0.717) is 13.1 Å². The molecule has 0 radical (unpaired) electrons. The first-order valence-electron chi connectivity index (χ1n) is 5.67. The molecule has 2 rings (SSSR count). The smallest absolute Gasteiger partial charge is 0.358 e. The van der Waals surface area contributed by atoms with Crippen LogP contribution in [0, 0.1) is 10.1 Å². The third-order valence-corrected chi connectivity index (χ3v) is 2.79. The molecular formula is C10H11BrN6O3. The summed E-state index contributed by atoms with van der Waals surface area (Å²) in [5.41, 5.74) is 0. The monoisotopic (exact) mass is 342 g/mol. The van der Waals surface area contributed by atoms with Crippen molar-refractivity contribution in [3.05, 3.63) is 39.2 Å². The number of hydrogen-bond acceptors (Lipinski definition) is 5. The van der Waals surface area contributed by atoms with Gasteiger partial charge in [0, 0.05) is 12.7 Å². The lowest BCUT2D eigenvalue weighted by atomic mass is 10.5. The molecule has 20 heavy (non-hydrogen) atoms. The molecule has 0 saturated heterocycles. The maximum atomic E-state index is 11.6. The molecule has 0 aromatic carbocycles. The predicted octanol–water partition coefficient (Wildman–Crippen LogP) is 0.567. The van der Waals surface area contributed by atoms with Crippen molar-refractivity contribution in [1.29, 1.82) is 0 Å². The van der Waals surface area contributed by atoms with Gasteiger partial charge >= 0.3 is 5.82 Å². The van der Waals surface area contributed by atoms with Crippen molar-refractivity contribution in [3.63, 3.8) is 0 Å². The van der Waals surface area contributed by atoms with Gasteiger partial charge in [-0.2, -0.15) is 9.78 Å². The average Bonchev–Trinajstić information content (AvgIpc) is 2.99. The number of carbonyl (C=O) groups is 1. The summed E-state index contributed by atoms with van der Waals surface area (Å²) in [5.74, 6) is -0.548. The lowest BCUT2D eigenvalue weighted by Crippen LogP contribution is -2.30. The van der Waals surface area contributed by atoms with E-state index in [-0.39, 0.29) is 18.3 Å². The first-order valence-corrected chi connectivity index (χ1v) is 6.46. The number of aromatic nitrogens is 4. The van der Waals surface area contributed by atoms with E-state index in [9.17, 15) is 14.9 Å². The zero-order valence-corrected chi connectivity index (χ0v) is 11.9. The van der Waals surface area contributed by atoms with E-state index in [1.807, 2.05) is 0 Å². The molecule has 0 aliphatic rings. The van der Waals surface area contributed by atoms with Crippen molar-refractivity contribution in [2.75, 3.05) is 6.54 Å². The van der Waals surface area contributed by atoms with E-state index in [1.165, 1.54) is 16.9 Å². The Morgan fingerprint density at radius 2 is 2.30 bits per heavy atom. The Morgan fingerprint density at radius 1 is 1.50 bits per heavy atom. The summed E-state index contributed by atoms with van der Waals surface area (Å²) in [5, 5.41) is 20.8. The molecular weight excluding hydrogens is 332 g/mol. The number of amides is 1. The second-order valence-electron chi connectivity index (χ2n) is 3.90. The van der Waals surface area contributed by atoms with Gasteiger partial charge in [-0.25, -0.2) is 0 Å². The van der Waals surface area contributed by atoms with Gasteiger partial charge in [-0.1, -0.05) is 0 Å². The van der Waals surface area contributed by atoms with Gasteiger partial charge in [0.15, 0.2) is 0 Å². The summed E-state index contributed by atoms with van der Waals surface area (Å²) in [7, 11) is 0. The maximum Gasteiger partial charge on any atom is 0.389 e. The molecule has 9 nitrogen and oxygen atoms in total. The fraction of sp³-hybridized carbons (Fsp3) is 0.300. The summed E-state index contributed by atoms with van der Waals surface area (Å²) in [6, 6.07) is 1.24. The summed E-state index contributed by atoms with van der Waals surface area (Å²) in [6.07, 6.45) is 4.84. The molecule has 0 saturated carbocycles. The Bertz CT molecular complexity index is 622. The third-order valence-electron chi connectivity index (χ3n) is 2.38. The fourth-order valence-electron chi connectivity index (χ4n) is 1.51. The second-order valence-corrected chi connectivity index (χ2v) is 4.82. The Hall–Kier alpha value is -2.23. The van der Waals surface area contributed by atoms with Gasteiger partial charge < -0.3 is 15.4 Å². The summed E-state index contributed by atoms with van der Waals surface area (Å²) >= 11 is 3.27. The molecule has 0 unspecified atom stereocenters. The Kier molecular flexibility index (Phi) is 4.45. The molecule has 1 amide bonds. The molecule has 1 N–H and O–H groups in total. The maximum absolute atomic E-state index is 11.6. The minimum Gasteiger partial charge on any atom is -0.358 e. The van der Waals surface area contributed by atoms with E-state index in [0.717, 1.165) is 4.47 Å². The van der Waals surface area contributed by atoms with E-state index < -0.39 is 4.92 Å². The zero-order chi connectivity index (χ0) is 14.5. The van der Waals surface area contributed by atoms with E-state index in [2.05, 4.69) is 31.4 Å². The lowest BCUT2D eigenvalue weighted by molar-refractivity contribution is -0.389. The second kappa shape index (κ2) is 6.28. The normalized spacial score (nSPS) is 10.4. The minimum absolute atomic E-state index is 0.0589. The molecule has 2 heterocycles. The Balaban J connectivity index is 1.76. The van der Waals surface area contributed by atoms with Crippen molar-refractivity contribution < 1.29 is 9.72 Å². The highest BCUT2D eigenvalue weighted by Gasteiger charge is 2.12. The van der Waals surface area contributed by atoms with Crippen LogP contribution in [-0.2, 0) is 17.9 Å². The lowest BCUT2D eigenvalue weighted by Gasteiger charge is -2.04. The Labute approximate surface area is 121 Å². The summed E-state index contributed by atoms with van der Waals surface area (Å²) in [4.78, 5) is 21.4. The SMILES string of the molecule is O=C(Cn1ccc([N+](=O)[O-])n1)NCCn1cc(Br)cn1. The quantitative estimate of drug-likeness (QED) is 0.609. The number of nitrogens with zero attached hydrogens (tertiary/aromatic N) is 5. The molecule has 0 aliphatic carbocycles. The highest BCUT2D eigenvalue weighted by Crippen LogP contribution is 2.06. The largest absolute Gasteiger partial charge is 0.389 e. The fourth-order valence-corrected chi connectivity index (χ4v) is 1.84. The number of carbonyl (C=O) groups excluding carboxylic acids is 1. The molecule has 0 spiro atoms. The van der Waals surface area contributed by atoms with Crippen LogP contribution in [0.2, 0.25) is 0 Å². The van der Waals surface area contributed by atoms with Crippen molar-refractivity contribution in [1.82, 2.24) is 24.9 Å². The topological polar surface area (TPSA) is 108 Å². The molecule has 0 fully saturated rings. The van der Waals surface area contributed by atoms with Gasteiger partial charge in [-0.15, -0.1) is 0 Å². The van der Waals surface area contributed by atoms with E-state index >= 15 is 0 Å². The van der Waals surface area contributed by atoms with Gasteiger partial charge in [-0.3, -0.25) is 9.48 Å². The van der Waals surface area contributed by atoms with Gasteiger partial charge in [0.05, 0.1) is 34.6 Å². The number of nitro groups is 1. The van der Waals surface area contributed by atoms with Crippen LogP contribution in [0.15, 0.2) is 29.1 Å². The third kappa shape index (κ3) is 3.88. The van der Waals surface area contributed by atoms with Gasteiger partial charge in [0.2, 0.25) is 5.91 Å². The van der Waals surface area contributed by atoms with Crippen molar-refractivity contribution in [2.24, 2.45) is 0 Å². The van der Waals surface area contributed by atoms with Gasteiger partial charge in [0.25, 0.3) is 0 Å². The molecule has 2 aromatic rings. The highest BCUT2D eigenvalue weighted by molar-refractivity contribution is 9.10. The van der Waals surface area contributed by atoms with Crippen LogP contribution in [0.25, 0.3) is 0 Å². The average molecular weight is 343 g/mol. The number of rotatable bonds is 6.